The summed E-state index contributed by atoms with van der Waals surface area (Å²) in [5, 5.41) is 0. The van der Waals surface area contributed by atoms with Crippen LogP contribution in [0, 0.1) is 0 Å². The van der Waals surface area contributed by atoms with Crippen LogP contribution < -0.4 is 0 Å². The highest BCUT2D eigenvalue weighted by Crippen LogP contribution is 2.32. The van der Waals surface area contributed by atoms with Gasteiger partial charge in [0.25, 0.3) is 0 Å². The Morgan fingerprint density at radius 3 is 2.45 bits per heavy atom. The number of piperidine rings is 2. The van der Waals surface area contributed by atoms with Crippen molar-refractivity contribution in [2.75, 3.05) is 26.7 Å². The van der Waals surface area contributed by atoms with Crippen molar-refractivity contribution in [2.24, 2.45) is 0 Å². The van der Waals surface area contributed by atoms with E-state index in [0.29, 0.717) is 18.9 Å². The normalized spacial score (nSPS) is 26.1. The molecule has 2 saturated heterocycles. The molecule has 3 rings (SSSR count). The summed E-state index contributed by atoms with van der Waals surface area (Å²) in [6.07, 6.45) is 3.33. The fourth-order valence-corrected chi connectivity index (χ4v) is 4.51. The van der Waals surface area contributed by atoms with Gasteiger partial charge < -0.3 is 9.47 Å². The number of rotatable bonds is 3. The number of ether oxygens (including phenoxy) is 2. The predicted molar refractivity (Wildman–Crippen MR) is 112 cm³/mol. The molecule has 0 radical (unpaired) electrons. The van der Waals surface area contributed by atoms with Crippen LogP contribution in [-0.4, -0.2) is 66.3 Å². The minimum absolute atomic E-state index is 0.268. The standard InChI is InChI=1S/C23H34N2O4/c1-23(2,3)29-22(27)25-14-12-19(15-20(25)21(26)28-4)24-13-8-11-18(16-24)17-9-6-5-7-10-17/h5-7,9-10,18-20H,8,11-16H2,1-4H3/t18-,19-,20-/m0/s1. The predicted octanol–water partition coefficient (Wildman–Crippen LogP) is 3.81. The number of hydrogen-bond acceptors (Lipinski definition) is 5. The molecule has 0 aliphatic carbocycles. The Balaban J connectivity index is 1.69. The lowest BCUT2D eigenvalue weighted by Crippen LogP contribution is -2.57. The van der Waals surface area contributed by atoms with Crippen LogP contribution in [0.15, 0.2) is 30.3 Å². The Morgan fingerprint density at radius 2 is 1.79 bits per heavy atom. The summed E-state index contributed by atoms with van der Waals surface area (Å²) in [6, 6.07) is 10.3. The molecule has 2 aliphatic heterocycles. The molecule has 2 heterocycles. The van der Waals surface area contributed by atoms with E-state index in [4.69, 9.17) is 9.47 Å². The fraction of sp³-hybridized carbons (Fsp3) is 0.652. The lowest BCUT2D eigenvalue weighted by Gasteiger charge is -2.45. The molecule has 0 saturated carbocycles. The Hall–Kier alpha value is -2.08. The molecule has 0 N–H and O–H groups in total. The minimum atomic E-state index is -0.593. The van der Waals surface area contributed by atoms with Crippen molar-refractivity contribution >= 4 is 12.1 Å². The second-order valence-corrected chi connectivity index (χ2v) is 9.14. The maximum atomic E-state index is 12.6. The van der Waals surface area contributed by atoms with E-state index in [-0.39, 0.29) is 12.0 Å². The van der Waals surface area contributed by atoms with Gasteiger partial charge in [0.15, 0.2) is 0 Å². The van der Waals surface area contributed by atoms with Gasteiger partial charge in [-0.25, -0.2) is 9.59 Å². The maximum absolute atomic E-state index is 12.6. The third-order valence-electron chi connectivity index (χ3n) is 5.92. The number of carbonyl (C=O) groups is 2. The lowest BCUT2D eigenvalue weighted by molar-refractivity contribution is -0.149. The molecule has 6 nitrogen and oxygen atoms in total. The number of likely N-dealkylation sites (tertiary alicyclic amines) is 2. The zero-order valence-electron chi connectivity index (χ0n) is 18.1. The zero-order valence-corrected chi connectivity index (χ0v) is 18.1. The van der Waals surface area contributed by atoms with Crippen LogP contribution in [0.1, 0.15) is 57.9 Å². The highest BCUT2D eigenvalue weighted by atomic mass is 16.6. The van der Waals surface area contributed by atoms with E-state index in [1.54, 1.807) is 4.90 Å². The summed E-state index contributed by atoms with van der Waals surface area (Å²) in [5.74, 6) is 0.155. The Labute approximate surface area is 174 Å². The summed E-state index contributed by atoms with van der Waals surface area (Å²) in [7, 11) is 1.38. The number of esters is 1. The zero-order chi connectivity index (χ0) is 21.0. The van der Waals surface area contributed by atoms with Gasteiger partial charge in [-0.15, -0.1) is 0 Å². The van der Waals surface area contributed by atoms with Gasteiger partial charge in [-0.2, -0.15) is 0 Å². The van der Waals surface area contributed by atoms with E-state index >= 15 is 0 Å². The highest BCUT2D eigenvalue weighted by Gasteiger charge is 2.41. The maximum Gasteiger partial charge on any atom is 0.411 e. The summed E-state index contributed by atoms with van der Waals surface area (Å²) in [5.41, 5.74) is 0.789. The van der Waals surface area contributed by atoms with Crippen LogP contribution in [0.4, 0.5) is 4.79 Å². The molecule has 0 unspecified atom stereocenters. The number of amides is 1. The highest BCUT2D eigenvalue weighted by molar-refractivity contribution is 5.81. The van der Waals surface area contributed by atoms with Crippen molar-refractivity contribution in [3.05, 3.63) is 35.9 Å². The molecular formula is C23H34N2O4. The average molecular weight is 403 g/mol. The van der Waals surface area contributed by atoms with Gasteiger partial charge in [-0.1, -0.05) is 30.3 Å². The lowest BCUT2D eigenvalue weighted by atomic mass is 9.87. The Kier molecular flexibility index (Phi) is 6.83. The first-order valence-electron chi connectivity index (χ1n) is 10.6. The van der Waals surface area contributed by atoms with Gasteiger partial charge in [-0.3, -0.25) is 9.80 Å². The number of nitrogens with zero attached hydrogens (tertiary/aromatic N) is 2. The van der Waals surface area contributed by atoms with E-state index in [1.165, 1.54) is 19.1 Å². The molecular weight excluding hydrogens is 368 g/mol. The van der Waals surface area contributed by atoms with Gasteiger partial charge in [0.1, 0.15) is 11.6 Å². The average Bonchev–Trinajstić information content (AvgIpc) is 2.72. The Bertz CT molecular complexity index is 701. The van der Waals surface area contributed by atoms with Crippen LogP contribution >= 0.6 is 0 Å². The van der Waals surface area contributed by atoms with Gasteiger partial charge in [-0.05, 0) is 64.5 Å². The SMILES string of the molecule is COC(=O)[C@@H]1C[C@@H](N2CCC[C@H](c3ccccc3)C2)CCN1C(=O)OC(C)(C)C. The van der Waals surface area contributed by atoms with Crippen LogP contribution in [0.5, 0.6) is 0 Å². The van der Waals surface area contributed by atoms with Crippen molar-refractivity contribution in [1.82, 2.24) is 9.80 Å². The van der Waals surface area contributed by atoms with E-state index in [2.05, 4.69) is 35.2 Å². The molecule has 1 aromatic rings. The van der Waals surface area contributed by atoms with E-state index in [1.807, 2.05) is 20.8 Å². The Morgan fingerprint density at radius 1 is 1.07 bits per heavy atom. The van der Waals surface area contributed by atoms with Gasteiger partial charge in [0.05, 0.1) is 7.11 Å². The van der Waals surface area contributed by atoms with Crippen LogP contribution in [0.25, 0.3) is 0 Å². The number of hydrogen-bond donors (Lipinski definition) is 0. The van der Waals surface area contributed by atoms with Crippen molar-refractivity contribution in [3.63, 3.8) is 0 Å². The van der Waals surface area contributed by atoms with Crippen molar-refractivity contribution < 1.29 is 19.1 Å². The largest absolute Gasteiger partial charge is 0.467 e. The molecule has 0 aromatic heterocycles. The molecule has 1 aromatic carbocycles. The summed E-state index contributed by atoms with van der Waals surface area (Å²) < 4.78 is 10.5. The second-order valence-electron chi connectivity index (χ2n) is 9.14. The topological polar surface area (TPSA) is 59.1 Å². The smallest absolute Gasteiger partial charge is 0.411 e. The van der Waals surface area contributed by atoms with Crippen LogP contribution in [-0.2, 0) is 14.3 Å². The van der Waals surface area contributed by atoms with Crippen molar-refractivity contribution in [1.29, 1.82) is 0 Å². The third-order valence-corrected chi connectivity index (χ3v) is 5.92. The monoisotopic (exact) mass is 402 g/mol. The fourth-order valence-electron chi connectivity index (χ4n) is 4.51. The van der Waals surface area contributed by atoms with Crippen molar-refractivity contribution in [2.45, 2.75) is 70.1 Å². The molecule has 2 aliphatic rings. The van der Waals surface area contributed by atoms with Gasteiger partial charge in [0, 0.05) is 19.1 Å². The second kappa shape index (κ2) is 9.16. The molecule has 0 bridgehead atoms. The summed E-state index contributed by atoms with van der Waals surface area (Å²) >= 11 is 0. The summed E-state index contributed by atoms with van der Waals surface area (Å²) in [6.45, 7) is 8.04. The first kappa shape index (κ1) is 21.6. The molecule has 1 amide bonds. The molecule has 6 heteroatoms. The molecule has 2 fully saturated rings. The van der Waals surface area contributed by atoms with Crippen LogP contribution in [0.2, 0.25) is 0 Å². The van der Waals surface area contributed by atoms with Gasteiger partial charge in [0.2, 0.25) is 0 Å². The van der Waals surface area contributed by atoms with Crippen LogP contribution in [0.3, 0.4) is 0 Å². The molecule has 0 spiro atoms. The van der Waals surface area contributed by atoms with Crippen molar-refractivity contribution in [3.8, 4) is 0 Å². The number of carbonyl (C=O) groups excluding carboxylic acids is 2. The number of benzene rings is 1. The molecule has 160 valence electrons. The first-order valence-corrected chi connectivity index (χ1v) is 10.6. The minimum Gasteiger partial charge on any atom is -0.467 e. The van der Waals surface area contributed by atoms with E-state index in [9.17, 15) is 9.59 Å². The first-order chi connectivity index (χ1) is 13.8. The summed E-state index contributed by atoms with van der Waals surface area (Å²) in [4.78, 5) is 29.2. The van der Waals surface area contributed by atoms with Gasteiger partial charge >= 0.3 is 12.1 Å². The third kappa shape index (κ3) is 5.50. The molecule has 29 heavy (non-hydrogen) atoms. The van der Waals surface area contributed by atoms with E-state index in [0.717, 1.165) is 25.9 Å². The van der Waals surface area contributed by atoms with E-state index < -0.39 is 17.7 Å². The molecule has 3 atom stereocenters. The number of methoxy groups -OCH3 is 1. The quantitative estimate of drug-likeness (QED) is 0.720.